The van der Waals surface area contributed by atoms with Gasteiger partial charge in [0.25, 0.3) is 0 Å². The van der Waals surface area contributed by atoms with Crippen molar-refractivity contribution in [1.82, 2.24) is 0 Å². The molecule has 1 aromatic carbocycles. The Balaban J connectivity index is 2.31. The monoisotopic (exact) mass is 193 g/mol. The Morgan fingerprint density at radius 1 is 1.21 bits per heavy atom. The van der Waals surface area contributed by atoms with Crippen LogP contribution in [0.2, 0.25) is 0 Å². The Hall–Kier alpha value is -1.06. The van der Waals surface area contributed by atoms with Gasteiger partial charge < -0.3 is 15.2 Å². The first-order valence-corrected chi connectivity index (χ1v) is 4.91. The van der Waals surface area contributed by atoms with Crippen LogP contribution in [0, 0.1) is 0 Å². The number of hydrogen-bond donors (Lipinski definition) is 1. The summed E-state index contributed by atoms with van der Waals surface area (Å²) in [6.45, 7) is 3.39. The first-order valence-electron chi connectivity index (χ1n) is 4.91. The van der Waals surface area contributed by atoms with Crippen molar-refractivity contribution in [1.29, 1.82) is 0 Å². The van der Waals surface area contributed by atoms with Crippen LogP contribution < -0.4 is 5.73 Å². The van der Waals surface area contributed by atoms with Crippen LogP contribution in [0.15, 0.2) is 24.3 Å². The Morgan fingerprint density at radius 3 is 2.29 bits per heavy atom. The molecular formula is C11H15NO2. The number of hydrogen-bond acceptors (Lipinski definition) is 3. The Morgan fingerprint density at radius 2 is 1.79 bits per heavy atom. The number of nitrogens with two attached hydrogens (primary N) is 1. The van der Waals surface area contributed by atoms with E-state index in [1.807, 2.05) is 24.3 Å². The topological polar surface area (TPSA) is 44.5 Å². The zero-order valence-electron chi connectivity index (χ0n) is 8.32. The second-order valence-electron chi connectivity index (χ2n) is 3.43. The second kappa shape index (κ2) is 3.59. The molecule has 1 aromatic rings. The minimum atomic E-state index is -0.534. The molecule has 0 amide bonds. The summed E-state index contributed by atoms with van der Waals surface area (Å²) in [5, 5.41) is 0. The fourth-order valence-corrected chi connectivity index (χ4v) is 1.77. The summed E-state index contributed by atoms with van der Waals surface area (Å²) in [5.41, 5.74) is 7.44. The molecule has 0 aromatic heterocycles. The van der Waals surface area contributed by atoms with Gasteiger partial charge in [0.1, 0.15) is 0 Å². The van der Waals surface area contributed by atoms with Gasteiger partial charge in [0.2, 0.25) is 0 Å². The average Bonchev–Trinajstić information content (AvgIpc) is 2.68. The molecule has 0 radical (unpaired) electrons. The van der Waals surface area contributed by atoms with Crippen LogP contribution in [0.4, 0.5) is 5.69 Å². The van der Waals surface area contributed by atoms with E-state index in [0.29, 0.717) is 13.2 Å². The lowest BCUT2D eigenvalue weighted by molar-refractivity contribution is -0.167. The van der Waals surface area contributed by atoms with E-state index in [2.05, 4.69) is 6.92 Å². The van der Waals surface area contributed by atoms with Crippen molar-refractivity contribution in [3.8, 4) is 0 Å². The van der Waals surface area contributed by atoms with Crippen molar-refractivity contribution in [3.63, 3.8) is 0 Å². The summed E-state index contributed by atoms with van der Waals surface area (Å²) < 4.78 is 11.3. The summed E-state index contributed by atoms with van der Waals surface area (Å²) >= 11 is 0. The molecule has 0 bridgehead atoms. The zero-order chi connectivity index (χ0) is 10.0. The Kier molecular flexibility index (Phi) is 2.44. The maximum Gasteiger partial charge on any atom is 0.194 e. The molecule has 0 spiro atoms. The molecule has 0 atom stereocenters. The van der Waals surface area contributed by atoms with Gasteiger partial charge in [-0.3, -0.25) is 0 Å². The lowest BCUT2D eigenvalue weighted by atomic mass is 10.0. The summed E-state index contributed by atoms with van der Waals surface area (Å²) in [4.78, 5) is 0. The first kappa shape index (κ1) is 9.49. The molecule has 1 heterocycles. The number of anilines is 1. The molecule has 1 aliphatic rings. The van der Waals surface area contributed by atoms with Crippen LogP contribution in [0.25, 0.3) is 0 Å². The minimum Gasteiger partial charge on any atom is -0.399 e. The van der Waals surface area contributed by atoms with Crippen LogP contribution in [-0.2, 0) is 15.3 Å². The number of ether oxygens (including phenoxy) is 2. The van der Waals surface area contributed by atoms with Gasteiger partial charge >= 0.3 is 0 Å². The lowest BCUT2D eigenvalue weighted by Crippen LogP contribution is -2.25. The van der Waals surface area contributed by atoms with Crippen LogP contribution in [0.5, 0.6) is 0 Å². The molecular weight excluding hydrogens is 178 g/mol. The maximum atomic E-state index is 5.65. The normalized spacial score (nSPS) is 19.8. The van der Waals surface area contributed by atoms with Gasteiger partial charge in [-0.05, 0) is 12.1 Å². The molecule has 2 N–H and O–H groups in total. The van der Waals surface area contributed by atoms with E-state index in [9.17, 15) is 0 Å². The zero-order valence-corrected chi connectivity index (χ0v) is 8.32. The van der Waals surface area contributed by atoms with Gasteiger partial charge in [-0.2, -0.15) is 0 Å². The van der Waals surface area contributed by atoms with Crippen LogP contribution in [0.1, 0.15) is 18.9 Å². The fraction of sp³-hybridized carbons (Fsp3) is 0.455. The van der Waals surface area contributed by atoms with E-state index >= 15 is 0 Å². The van der Waals surface area contributed by atoms with Gasteiger partial charge in [0.15, 0.2) is 5.79 Å². The standard InChI is InChI=1S/C11H15NO2/c1-2-11(13-7-8-14-11)9-3-5-10(12)6-4-9/h3-6H,2,7-8,12H2,1H3. The van der Waals surface area contributed by atoms with Crippen molar-refractivity contribution >= 4 is 5.69 Å². The molecule has 3 heteroatoms. The highest BCUT2D eigenvalue weighted by molar-refractivity contribution is 5.40. The van der Waals surface area contributed by atoms with Gasteiger partial charge in [-0.25, -0.2) is 0 Å². The summed E-state index contributed by atoms with van der Waals surface area (Å²) in [6.07, 6.45) is 0.816. The highest BCUT2D eigenvalue weighted by atomic mass is 16.7. The third-order valence-corrected chi connectivity index (χ3v) is 2.57. The van der Waals surface area contributed by atoms with E-state index in [1.54, 1.807) is 0 Å². The predicted molar refractivity (Wildman–Crippen MR) is 54.7 cm³/mol. The van der Waals surface area contributed by atoms with Crippen molar-refractivity contribution in [3.05, 3.63) is 29.8 Å². The third kappa shape index (κ3) is 1.49. The van der Waals surface area contributed by atoms with Gasteiger partial charge in [0.05, 0.1) is 13.2 Å². The van der Waals surface area contributed by atoms with E-state index < -0.39 is 5.79 Å². The fourth-order valence-electron chi connectivity index (χ4n) is 1.77. The molecule has 1 saturated heterocycles. The molecule has 1 fully saturated rings. The maximum absolute atomic E-state index is 5.65. The quantitative estimate of drug-likeness (QED) is 0.729. The Bertz CT molecular complexity index is 302. The molecule has 0 unspecified atom stereocenters. The predicted octanol–water partition coefficient (Wildman–Crippen LogP) is 1.88. The highest BCUT2D eigenvalue weighted by Gasteiger charge is 2.36. The molecule has 3 nitrogen and oxygen atoms in total. The van der Waals surface area contributed by atoms with Crippen molar-refractivity contribution in [2.24, 2.45) is 0 Å². The van der Waals surface area contributed by atoms with E-state index in [1.165, 1.54) is 0 Å². The molecule has 2 rings (SSSR count). The highest BCUT2D eigenvalue weighted by Crippen LogP contribution is 2.34. The molecule has 1 aliphatic heterocycles. The SMILES string of the molecule is CCC1(c2ccc(N)cc2)OCCO1. The molecule has 76 valence electrons. The minimum absolute atomic E-state index is 0.534. The van der Waals surface area contributed by atoms with E-state index in [0.717, 1.165) is 17.7 Å². The summed E-state index contributed by atoms with van der Waals surface area (Å²) in [5.74, 6) is -0.534. The molecule has 0 saturated carbocycles. The molecule has 0 aliphatic carbocycles. The largest absolute Gasteiger partial charge is 0.399 e. The van der Waals surface area contributed by atoms with E-state index in [4.69, 9.17) is 15.2 Å². The van der Waals surface area contributed by atoms with Crippen molar-refractivity contribution in [2.45, 2.75) is 19.1 Å². The van der Waals surface area contributed by atoms with Gasteiger partial charge in [0, 0.05) is 17.7 Å². The van der Waals surface area contributed by atoms with Crippen LogP contribution in [-0.4, -0.2) is 13.2 Å². The smallest absolute Gasteiger partial charge is 0.194 e. The van der Waals surface area contributed by atoms with E-state index in [-0.39, 0.29) is 0 Å². The summed E-state index contributed by atoms with van der Waals surface area (Å²) in [7, 11) is 0. The number of rotatable bonds is 2. The number of nitrogen functional groups attached to an aromatic ring is 1. The number of benzene rings is 1. The summed E-state index contributed by atoms with van der Waals surface area (Å²) in [6, 6.07) is 7.67. The lowest BCUT2D eigenvalue weighted by Gasteiger charge is -2.26. The Labute approximate surface area is 83.8 Å². The van der Waals surface area contributed by atoms with Crippen molar-refractivity contribution in [2.75, 3.05) is 18.9 Å². The third-order valence-electron chi connectivity index (χ3n) is 2.57. The first-order chi connectivity index (χ1) is 6.77. The molecule has 14 heavy (non-hydrogen) atoms. The van der Waals surface area contributed by atoms with Crippen LogP contribution in [0.3, 0.4) is 0 Å². The van der Waals surface area contributed by atoms with Gasteiger partial charge in [-0.15, -0.1) is 0 Å². The second-order valence-corrected chi connectivity index (χ2v) is 3.43. The van der Waals surface area contributed by atoms with Gasteiger partial charge in [-0.1, -0.05) is 19.1 Å². The average molecular weight is 193 g/mol. The van der Waals surface area contributed by atoms with Crippen LogP contribution >= 0.6 is 0 Å². The van der Waals surface area contributed by atoms with Crippen molar-refractivity contribution < 1.29 is 9.47 Å².